The van der Waals surface area contributed by atoms with Gasteiger partial charge >= 0.3 is 23.5 Å². The highest BCUT2D eigenvalue weighted by Gasteiger charge is 2.50. The van der Waals surface area contributed by atoms with Crippen molar-refractivity contribution in [2.24, 2.45) is 5.41 Å². The minimum atomic E-state index is -5.57. The summed E-state index contributed by atoms with van der Waals surface area (Å²) in [7, 11) is -10.8. The van der Waals surface area contributed by atoms with Crippen molar-refractivity contribution in [2.75, 3.05) is 65.5 Å². The number of nitrogens with zero attached hydrogens (tertiary/aromatic N) is 5. The van der Waals surface area contributed by atoms with E-state index >= 15 is 0 Å². The lowest BCUT2D eigenvalue weighted by Crippen LogP contribution is -2.46. The van der Waals surface area contributed by atoms with Crippen molar-refractivity contribution in [3.63, 3.8) is 0 Å². The van der Waals surface area contributed by atoms with Crippen LogP contribution in [-0.2, 0) is 50.7 Å². The molecule has 0 radical (unpaired) electrons. The van der Waals surface area contributed by atoms with Gasteiger partial charge in [-0.3, -0.25) is 32.5 Å². The van der Waals surface area contributed by atoms with Gasteiger partial charge in [0, 0.05) is 30.7 Å². The van der Waals surface area contributed by atoms with Crippen molar-refractivity contribution in [1.29, 1.82) is 0 Å². The average molecular weight is 868 g/mol. The number of carbonyl (C=O) groups is 3. The molecule has 25 nitrogen and oxygen atoms in total. The van der Waals surface area contributed by atoms with Crippen LogP contribution in [0.15, 0.2) is 12.7 Å². The van der Waals surface area contributed by atoms with Crippen LogP contribution in [0.25, 0.3) is 11.2 Å². The number of hydrogen-bond acceptors (Lipinski definition) is 18. The third-order valence-corrected chi connectivity index (χ3v) is 11.3. The third-order valence-electron chi connectivity index (χ3n) is 7.37. The van der Waals surface area contributed by atoms with E-state index in [1.807, 2.05) is 21.1 Å². The SMILES string of the molecule is CC(C)(COP(=O)(O)OP(=O)(O)OC[C@H]1O[C@@H](n2cnc3c(N)ncnc32)[C@H](O)[C@@H]1OP(=O)(O)O)[C@@H](O)C(=O)NCCC(=O)NCCSC(=O)C[N+](C)(C)C. The van der Waals surface area contributed by atoms with Crippen LogP contribution in [0, 0.1) is 5.41 Å². The van der Waals surface area contributed by atoms with E-state index in [0.717, 1.165) is 29.0 Å². The maximum absolute atomic E-state index is 12.7. The lowest BCUT2D eigenvalue weighted by molar-refractivity contribution is -0.861. The largest absolute Gasteiger partial charge is 0.481 e. The lowest BCUT2D eigenvalue weighted by Gasteiger charge is -2.30. The highest BCUT2D eigenvalue weighted by atomic mass is 32.2. The Morgan fingerprint density at radius 3 is 2.35 bits per heavy atom. The number of fused-ring (bicyclic) bond motifs is 1. The van der Waals surface area contributed by atoms with Gasteiger partial charge in [-0.1, -0.05) is 25.6 Å². The quantitative estimate of drug-likeness (QED) is 0.0386. The topological polar surface area (TPSA) is 364 Å². The van der Waals surface area contributed by atoms with E-state index in [0.29, 0.717) is 16.8 Å². The number of ether oxygens (including phenoxy) is 1. The Kier molecular flexibility index (Phi) is 16.1. The van der Waals surface area contributed by atoms with Gasteiger partial charge in [-0.25, -0.2) is 28.6 Å². The molecule has 3 rings (SSSR count). The number of nitrogens with one attached hydrogen (secondary N) is 2. The van der Waals surface area contributed by atoms with Gasteiger partial charge < -0.3 is 55.4 Å². The zero-order chi connectivity index (χ0) is 41.6. The zero-order valence-corrected chi connectivity index (χ0v) is 33.7. The molecule has 0 spiro atoms. The van der Waals surface area contributed by atoms with E-state index in [9.17, 15) is 57.9 Å². The normalized spacial score (nSPS) is 22.2. The summed E-state index contributed by atoms with van der Waals surface area (Å²) in [5, 5.41) is 26.3. The summed E-state index contributed by atoms with van der Waals surface area (Å²) >= 11 is 1.08. The van der Waals surface area contributed by atoms with Crippen molar-refractivity contribution in [3.8, 4) is 0 Å². The fraction of sp³-hybridized carbons (Fsp3) is 0.692. The second kappa shape index (κ2) is 18.9. The van der Waals surface area contributed by atoms with Crippen LogP contribution >= 0.6 is 35.2 Å². The lowest BCUT2D eigenvalue weighted by atomic mass is 9.87. The molecule has 0 saturated carbocycles. The van der Waals surface area contributed by atoms with Crippen LogP contribution in [0.3, 0.4) is 0 Å². The van der Waals surface area contributed by atoms with Gasteiger partial charge in [0.05, 0.1) is 40.7 Å². The Morgan fingerprint density at radius 2 is 1.71 bits per heavy atom. The standard InChI is InChI=1S/C26H45N8O17P3S/c1-26(2,21(38)24(39)29-7-6-16(35)28-8-9-55-17(36)10-34(3,4)5)12-48-54(45,46)51-53(43,44)47-11-15-20(50-52(40,41)42)19(37)25(49-15)33-14-32-18-22(27)30-13-31-23(18)33/h13-15,19-21,25,37-38H,6-12H2,1-5H3,(H7-,27,28,29,30,31,35,39,40,41,42,43,44,45,46)/p+1/t15-,19-,20-,21+,25-/m1/s1. The average Bonchev–Trinajstić information content (AvgIpc) is 3.60. The van der Waals surface area contributed by atoms with E-state index in [-0.39, 0.29) is 41.6 Å². The Labute approximate surface area is 318 Å². The summed E-state index contributed by atoms with van der Waals surface area (Å²) in [6, 6.07) is 0. The minimum Gasteiger partial charge on any atom is -0.386 e. The smallest absolute Gasteiger partial charge is 0.386 e. The maximum Gasteiger partial charge on any atom is 0.481 e. The summed E-state index contributed by atoms with van der Waals surface area (Å²) in [5.41, 5.74) is 4.26. The Morgan fingerprint density at radius 1 is 1.05 bits per heavy atom. The second-order valence-corrected chi connectivity index (χ2v) is 19.1. The summed E-state index contributed by atoms with van der Waals surface area (Å²) in [5.74, 6) is -1.10. The number of anilines is 1. The zero-order valence-electron chi connectivity index (χ0n) is 30.2. The number of nitrogens with two attached hydrogens (primary N) is 1. The molecular formula is C26H46N8O17P3S+. The number of thioether (sulfide) groups is 1. The molecule has 2 unspecified atom stereocenters. The van der Waals surface area contributed by atoms with Crippen LogP contribution in [0.2, 0.25) is 0 Å². The van der Waals surface area contributed by atoms with E-state index in [1.54, 1.807) is 0 Å². The molecular weight excluding hydrogens is 821 g/mol. The fourth-order valence-corrected chi connectivity index (χ4v) is 8.47. The predicted molar refractivity (Wildman–Crippen MR) is 190 cm³/mol. The predicted octanol–water partition coefficient (Wildman–Crippen LogP) is -1.63. The van der Waals surface area contributed by atoms with E-state index in [4.69, 9.17) is 19.5 Å². The Hall–Kier alpha value is -2.48. The number of amides is 2. The molecule has 55 heavy (non-hydrogen) atoms. The molecule has 2 amide bonds. The number of aliphatic hydroxyl groups is 2. The van der Waals surface area contributed by atoms with Crippen molar-refractivity contribution in [3.05, 3.63) is 12.7 Å². The van der Waals surface area contributed by atoms with Crippen molar-refractivity contribution < 1.29 is 85.0 Å². The minimum absolute atomic E-state index is 0.0290. The summed E-state index contributed by atoms with van der Waals surface area (Å²) in [4.78, 5) is 87.4. The van der Waals surface area contributed by atoms with Gasteiger partial charge in [0.15, 0.2) is 17.7 Å². The Balaban J connectivity index is 1.50. The van der Waals surface area contributed by atoms with Crippen LogP contribution < -0.4 is 16.4 Å². The molecule has 7 atom stereocenters. The molecule has 312 valence electrons. The van der Waals surface area contributed by atoms with Gasteiger partial charge in [0.2, 0.25) is 16.9 Å². The van der Waals surface area contributed by atoms with E-state index < -0.39 is 84.6 Å². The van der Waals surface area contributed by atoms with Crippen LogP contribution in [0.1, 0.15) is 26.5 Å². The summed E-state index contributed by atoms with van der Waals surface area (Å²) in [6.07, 6.45) is -6.90. The number of imidazole rings is 1. The highest BCUT2D eigenvalue weighted by Crippen LogP contribution is 2.61. The molecule has 0 bridgehead atoms. The van der Waals surface area contributed by atoms with Gasteiger partial charge in [-0.2, -0.15) is 4.31 Å². The molecule has 1 aliphatic heterocycles. The van der Waals surface area contributed by atoms with Crippen LogP contribution in [0.4, 0.5) is 5.82 Å². The van der Waals surface area contributed by atoms with E-state index in [2.05, 4.69) is 34.4 Å². The van der Waals surface area contributed by atoms with Gasteiger partial charge in [-0.15, -0.1) is 0 Å². The maximum atomic E-state index is 12.7. The molecule has 1 aliphatic rings. The number of hydrogen-bond donors (Lipinski definition) is 9. The van der Waals surface area contributed by atoms with Gasteiger partial charge in [0.25, 0.3) is 0 Å². The number of phosphoric ester groups is 3. The first-order valence-electron chi connectivity index (χ1n) is 16.1. The number of quaternary nitrogens is 1. The van der Waals surface area contributed by atoms with Crippen LogP contribution in [0.5, 0.6) is 0 Å². The van der Waals surface area contributed by atoms with E-state index in [1.165, 1.54) is 13.8 Å². The summed E-state index contributed by atoms with van der Waals surface area (Å²) < 4.78 is 62.5. The number of carbonyl (C=O) groups excluding carboxylic acids is 3. The number of aromatic nitrogens is 4. The molecule has 0 aromatic carbocycles. The molecule has 1 saturated heterocycles. The van der Waals surface area contributed by atoms with Gasteiger partial charge in [0.1, 0.15) is 42.8 Å². The molecule has 2 aromatic rings. The van der Waals surface area contributed by atoms with Gasteiger partial charge in [-0.05, 0) is 0 Å². The molecule has 2 aromatic heterocycles. The third kappa shape index (κ3) is 14.8. The van der Waals surface area contributed by atoms with Crippen molar-refractivity contribution >= 4 is 69.1 Å². The number of nitrogen functional groups attached to an aromatic ring is 1. The number of rotatable bonds is 21. The van der Waals surface area contributed by atoms with Crippen molar-refractivity contribution in [2.45, 2.75) is 50.9 Å². The second-order valence-electron chi connectivity index (χ2n) is 13.7. The molecule has 3 heterocycles. The first-order chi connectivity index (χ1) is 25.2. The number of aliphatic hydroxyl groups excluding tert-OH is 2. The molecule has 29 heteroatoms. The first-order valence-corrected chi connectivity index (χ1v) is 21.6. The highest BCUT2D eigenvalue weighted by molar-refractivity contribution is 8.13. The molecule has 1 fully saturated rings. The summed E-state index contributed by atoms with van der Waals surface area (Å²) in [6.45, 7) is 0.826. The molecule has 10 N–H and O–H groups in total. The Bertz CT molecular complexity index is 1820. The fourth-order valence-electron chi connectivity index (χ4n) is 4.73. The van der Waals surface area contributed by atoms with Crippen LogP contribution in [-0.4, -0.2) is 155 Å². The number of likely N-dealkylation sites (N-methyl/N-ethyl adjacent to an activating group) is 1. The molecule has 0 aliphatic carbocycles. The monoisotopic (exact) mass is 867 g/mol. The van der Waals surface area contributed by atoms with Crippen molar-refractivity contribution in [1.82, 2.24) is 30.2 Å². The first kappa shape index (κ1) is 46.9. The number of phosphoric acid groups is 3.